The summed E-state index contributed by atoms with van der Waals surface area (Å²) in [5.41, 5.74) is 1.18. The fourth-order valence-corrected chi connectivity index (χ4v) is 2.90. The van der Waals surface area contributed by atoms with Crippen LogP contribution in [-0.4, -0.2) is 24.5 Å². The van der Waals surface area contributed by atoms with Crippen LogP contribution < -0.4 is 11.2 Å². The van der Waals surface area contributed by atoms with Crippen LogP contribution in [0.25, 0.3) is 11.2 Å². The van der Waals surface area contributed by atoms with E-state index in [2.05, 4.69) is 4.98 Å². The van der Waals surface area contributed by atoms with Crippen molar-refractivity contribution >= 4 is 29.2 Å². The molecule has 0 aliphatic carbocycles. The maximum atomic E-state index is 12.5. The number of hydrogen-bond acceptors (Lipinski definition) is 4. The number of benzene rings is 1. The zero-order valence-corrected chi connectivity index (χ0v) is 14.3. The van der Waals surface area contributed by atoms with Gasteiger partial charge in [0, 0.05) is 19.7 Å². The first kappa shape index (κ1) is 16.1. The molecule has 3 rings (SSSR count). The number of nitrogens with zero attached hydrogens (tertiary/aromatic N) is 3. The summed E-state index contributed by atoms with van der Waals surface area (Å²) in [5, 5.41) is 0. The van der Waals surface area contributed by atoms with Gasteiger partial charge in [0.15, 0.2) is 10.6 Å². The van der Waals surface area contributed by atoms with Gasteiger partial charge in [-0.2, -0.15) is 0 Å². The van der Waals surface area contributed by atoms with E-state index in [1.54, 1.807) is 19.2 Å². The molecule has 1 N–H and O–H groups in total. The summed E-state index contributed by atoms with van der Waals surface area (Å²) < 4.78 is 4.02. The van der Waals surface area contributed by atoms with Crippen molar-refractivity contribution in [3.8, 4) is 0 Å². The van der Waals surface area contributed by atoms with Crippen LogP contribution >= 0.6 is 12.2 Å². The lowest BCUT2D eigenvalue weighted by Gasteiger charge is -2.08. The number of Topliss-reactive ketones (excluding diaryl/α,β-unsaturated/α-hetero) is 1. The second-order valence-corrected chi connectivity index (χ2v) is 6.10. The topological polar surface area (TPSA) is 81.8 Å². The number of carbonyl (C=O) groups excluding carboxylic acids is 1. The molecule has 2 aromatic heterocycles. The van der Waals surface area contributed by atoms with E-state index in [4.69, 9.17) is 12.2 Å². The molecule has 124 valence electrons. The lowest BCUT2D eigenvalue weighted by Crippen LogP contribution is -2.37. The van der Waals surface area contributed by atoms with Crippen LogP contribution in [0.4, 0.5) is 0 Å². The predicted octanol–water partition coefficient (Wildman–Crippen LogP) is 1.29. The molecule has 8 heteroatoms. The van der Waals surface area contributed by atoms with Gasteiger partial charge in [-0.05, 0) is 19.1 Å². The van der Waals surface area contributed by atoms with E-state index in [1.165, 1.54) is 16.2 Å². The first-order valence-corrected chi connectivity index (χ1v) is 7.70. The number of ketones is 1. The second kappa shape index (κ2) is 5.72. The molecule has 0 bridgehead atoms. The number of aromatic nitrogens is 4. The van der Waals surface area contributed by atoms with Crippen LogP contribution in [0.2, 0.25) is 0 Å². The number of rotatable bonds is 3. The van der Waals surface area contributed by atoms with Crippen molar-refractivity contribution in [1.29, 1.82) is 0 Å². The minimum absolute atomic E-state index is 0.0532. The fraction of sp³-hybridized carbons (Fsp3) is 0.250. The number of aromatic amines is 1. The summed E-state index contributed by atoms with van der Waals surface area (Å²) in [4.78, 5) is 39.7. The molecule has 3 aromatic rings. The van der Waals surface area contributed by atoms with Crippen LogP contribution in [0.5, 0.6) is 0 Å². The third-order valence-electron chi connectivity index (χ3n) is 4.04. The van der Waals surface area contributed by atoms with Crippen molar-refractivity contribution in [2.75, 3.05) is 0 Å². The average Bonchev–Trinajstić information content (AvgIpc) is 2.88. The number of fused-ring (bicyclic) bond motifs is 1. The van der Waals surface area contributed by atoms with Crippen molar-refractivity contribution < 1.29 is 4.79 Å². The Morgan fingerprint density at radius 3 is 2.38 bits per heavy atom. The molecule has 0 saturated heterocycles. The number of nitrogens with one attached hydrogen (secondary N) is 1. The lowest BCUT2D eigenvalue weighted by molar-refractivity contribution is 0.0972. The smallest absolute Gasteiger partial charge is 0.325 e. The summed E-state index contributed by atoms with van der Waals surface area (Å²) in [7, 11) is 2.94. The average molecular weight is 344 g/mol. The molecule has 0 unspecified atom stereocenters. The van der Waals surface area contributed by atoms with Crippen LogP contribution in [0, 0.1) is 11.7 Å². The fourth-order valence-electron chi connectivity index (χ4n) is 2.65. The van der Waals surface area contributed by atoms with Crippen LogP contribution in [-0.2, 0) is 20.6 Å². The summed E-state index contributed by atoms with van der Waals surface area (Å²) in [5.74, 6) is -0.153. The summed E-state index contributed by atoms with van der Waals surface area (Å²) in [6, 6.07) is 7.20. The Morgan fingerprint density at radius 1 is 1.12 bits per heavy atom. The third kappa shape index (κ3) is 2.44. The highest BCUT2D eigenvalue weighted by atomic mass is 32.1. The van der Waals surface area contributed by atoms with Crippen LogP contribution in [0.15, 0.2) is 33.9 Å². The molecule has 1 aromatic carbocycles. The van der Waals surface area contributed by atoms with Crippen molar-refractivity contribution in [2.45, 2.75) is 13.5 Å². The summed E-state index contributed by atoms with van der Waals surface area (Å²) >= 11 is 5.24. The van der Waals surface area contributed by atoms with E-state index in [0.29, 0.717) is 11.2 Å². The Kier molecular flexibility index (Phi) is 3.84. The van der Waals surface area contributed by atoms with E-state index < -0.39 is 11.2 Å². The van der Waals surface area contributed by atoms with Gasteiger partial charge in [-0.3, -0.25) is 23.3 Å². The van der Waals surface area contributed by atoms with E-state index in [-0.39, 0.29) is 22.6 Å². The first-order valence-electron chi connectivity index (χ1n) is 7.29. The zero-order chi connectivity index (χ0) is 17.6. The summed E-state index contributed by atoms with van der Waals surface area (Å²) in [6.45, 7) is 1.89. The first-order chi connectivity index (χ1) is 11.3. The van der Waals surface area contributed by atoms with Crippen molar-refractivity contribution in [3.05, 3.63) is 61.0 Å². The molecule has 0 saturated carbocycles. The van der Waals surface area contributed by atoms with Gasteiger partial charge in [0.2, 0.25) is 0 Å². The third-order valence-corrected chi connectivity index (χ3v) is 4.36. The Labute approximate surface area is 141 Å². The van der Waals surface area contributed by atoms with Gasteiger partial charge in [-0.25, -0.2) is 4.79 Å². The van der Waals surface area contributed by atoms with Gasteiger partial charge in [-0.15, -0.1) is 0 Å². The van der Waals surface area contributed by atoms with Crippen molar-refractivity contribution in [3.63, 3.8) is 0 Å². The second-order valence-electron chi connectivity index (χ2n) is 5.71. The highest BCUT2D eigenvalue weighted by Gasteiger charge is 2.17. The van der Waals surface area contributed by atoms with Gasteiger partial charge in [0.05, 0.1) is 6.54 Å². The molecular weight excluding hydrogens is 328 g/mol. The SMILES string of the molecule is Cc1ccc(C(=O)Cn2c(=S)[nH]c3c(=O)n(C)c(=O)n(C)c32)cc1. The maximum Gasteiger partial charge on any atom is 0.332 e. The van der Waals surface area contributed by atoms with Crippen LogP contribution in [0.3, 0.4) is 0 Å². The number of imidazole rings is 1. The van der Waals surface area contributed by atoms with Gasteiger partial charge >= 0.3 is 5.69 Å². The van der Waals surface area contributed by atoms with Gasteiger partial charge in [0.25, 0.3) is 5.56 Å². The lowest BCUT2D eigenvalue weighted by atomic mass is 10.1. The summed E-state index contributed by atoms with van der Waals surface area (Å²) in [6.07, 6.45) is 0. The molecule has 2 heterocycles. The number of carbonyl (C=O) groups is 1. The highest BCUT2D eigenvalue weighted by Crippen LogP contribution is 2.11. The molecule has 24 heavy (non-hydrogen) atoms. The van der Waals surface area contributed by atoms with E-state index in [1.807, 2.05) is 19.1 Å². The Hall–Kier alpha value is -2.74. The maximum absolute atomic E-state index is 12.5. The van der Waals surface area contributed by atoms with Gasteiger partial charge in [-0.1, -0.05) is 29.8 Å². The van der Waals surface area contributed by atoms with E-state index in [9.17, 15) is 14.4 Å². The number of hydrogen-bond donors (Lipinski definition) is 1. The van der Waals surface area contributed by atoms with Crippen molar-refractivity contribution in [1.82, 2.24) is 18.7 Å². The predicted molar refractivity (Wildman–Crippen MR) is 93.1 cm³/mol. The zero-order valence-electron chi connectivity index (χ0n) is 13.5. The van der Waals surface area contributed by atoms with E-state index in [0.717, 1.165) is 10.1 Å². The van der Waals surface area contributed by atoms with Crippen LogP contribution in [0.1, 0.15) is 15.9 Å². The standard InChI is InChI=1S/C16H16N4O3S/c1-9-4-6-10(7-5-9)11(21)8-20-13-12(17-15(20)24)14(22)19(3)16(23)18(13)2/h4-7H,8H2,1-3H3,(H,17,24). The Morgan fingerprint density at radius 2 is 1.75 bits per heavy atom. The monoisotopic (exact) mass is 344 g/mol. The molecule has 0 aliphatic rings. The largest absolute Gasteiger partial charge is 0.332 e. The molecule has 0 aliphatic heterocycles. The normalized spacial score (nSPS) is 11.1. The van der Waals surface area contributed by atoms with Gasteiger partial charge < -0.3 is 4.98 Å². The van der Waals surface area contributed by atoms with E-state index >= 15 is 0 Å². The van der Waals surface area contributed by atoms with Crippen molar-refractivity contribution in [2.24, 2.45) is 14.1 Å². The Balaban J connectivity index is 2.17. The molecule has 0 spiro atoms. The number of aryl methyl sites for hydroxylation is 2. The molecule has 0 fully saturated rings. The minimum atomic E-state index is -0.474. The highest BCUT2D eigenvalue weighted by molar-refractivity contribution is 7.71. The molecule has 7 nitrogen and oxygen atoms in total. The minimum Gasteiger partial charge on any atom is -0.325 e. The molecule has 0 radical (unpaired) electrons. The quantitative estimate of drug-likeness (QED) is 0.573. The number of H-pyrrole nitrogens is 1. The van der Waals surface area contributed by atoms with Gasteiger partial charge in [0.1, 0.15) is 11.2 Å². The molecule has 0 amide bonds. The Bertz CT molecular complexity index is 1130. The molecular formula is C16H16N4O3S. The molecule has 0 atom stereocenters.